The number of anilines is 1. The molecule has 3 heterocycles. The van der Waals surface area contributed by atoms with Crippen LogP contribution in [0.3, 0.4) is 0 Å². The number of benzene rings is 2. The van der Waals surface area contributed by atoms with Crippen molar-refractivity contribution in [3.63, 3.8) is 0 Å². The molecular weight excluding hydrogens is 852 g/mol. The number of hydrogen-bond acceptors (Lipinski definition) is 8. The van der Waals surface area contributed by atoms with Gasteiger partial charge in [-0.25, -0.2) is 18.2 Å². The third-order valence-electron chi connectivity index (χ3n) is 11.0. The van der Waals surface area contributed by atoms with E-state index in [0.717, 1.165) is 58.2 Å². The van der Waals surface area contributed by atoms with Gasteiger partial charge >= 0.3 is 11.9 Å². The number of aromatic nitrogens is 3. The molecule has 17 heteroatoms. The number of hydrogen-bond donors (Lipinski definition) is 4. The summed E-state index contributed by atoms with van der Waals surface area (Å²) >= 11 is 1.63. The van der Waals surface area contributed by atoms with Crippen LogP contribution < -0.4 is 21.5 Å². The summed E-state index contributed by atoms with van der Waals surface area (Å²) in [5.41, 5.74) is 8.53. The fourth-order valence-corrected chi connectivity index (χ4v) is 9.09. The van der Waals surface area contributed by atoms with Gasteiger partial charge < -0.3 is 20.9 Å². The van der Waals surface area contributed by atoms with Crippen molar-refractivity contribution in [2.45, 2.75) is 136 Å². The van der Waals surface area contributed by atoms with Crippen molar-refractivity contribution in [3.8, 4) is 10.6 Å². The number of nitrogens with zero attached hydrogens (tertiary/aromatic N) is 3. The van der Waals surface area contributed by atoms with E-state index >= 15 is 0 Å². The number of halogens is 3. The molecule has 1 unspecified atom stereocenters. The van der Waals surface area contributed by atoms with E-state index in [0.29, 0.717) is 31.0 Å². The highest BCUT2D eigenvalue weighted by Gasteiger charge is 2.50. The number of primary amides is 1. The van der Waals surface area contributed by atoms with E-state index < -0.39 is 49.9 Å². The SMILES string of the molecule is C=C(C)NS(=O)(=O)C1(C)CC1.C=CC1CC1.CC(C)(C)[C@H](Nc1cccc(C(F)(F)F)c1)C(=O)N1CCCC1C(N)=O.CC(C)c1csc(-c2cccc3c2[nH]c(=O)n3C(C)C)n1. The predicted molar refractivity (Wildman–Crippen MR) is 248 cm³/mol. The second-order valence-corrected chi connectivity index (χ2v) is 21.4. The summed E-state index contributed by atoms with van der Waals surface area (Å²) in [7, 11) is -3.14. The van der Waals surface area contributed by atoms with Crippen molar-refractivity contribution in [1.82, 2.24) is 24.2 Å². The third kappa shape index (κ3) is 13.3. The van der Waals surface area contributed by atoms with Crippen LogP contribution in [0.25, 0.3) is 21.6 Å². The lowest BCUT2D eigenvalue weighted by atomic mass is 9.85. The molecule has 1 saturated heterocycles. The maximum Gasteiger partial charge on any atom is 0.416 e. The Labute approximate surface area is 373 Å². The highest BCUT2D eigenvalue weighted by Crippen LogP contribution is 2.42. The zero-order chi connectivity index (χ0) is 47.2. The number of carbonyl (C=O) groups is 2. The van der Waals surface area contributed by atoms with E-state index in [1.165, 1.54) is 29.9 Å². The van der Waals surface area contributed by atoms with Gasteiger partial charge in [-0.1, -0.05) is 59.4 Å². The first-order valence-electron chi connectivity index (χ1n) is 21.2. The fraction of sp³-hybridized carbons (Fsp3) is 0.522. The lowest BCUT2D eigenvalue weighted by Crippen LogP contribution is -2.53. The maximum atomic E-state index is 13.0. The van der Waals surface area contributed by atoms with Gasteiger partial charge in [0.1, 0.15) is 17.1 Å². The van der Waals surface area contributed by atoms with Gasteiger partial charge in [-0.05, 0) is 114 Å². The molecule has 5 N–H and O–H groups in total. The molecule has 1 aliphatic heterocycles. The Balaban J connectivity index is 0.000000208. The van der Waals surface area contributed by atoms with Crippen LogP contribution in [0, 0.1) is 11.3 Å². The molecular formula is C46H64F3N7O5S2. The first-order valence-corrected chi connectivity index (χ1v) is 23.6. The number of alkyl halides is 3. The first-order chi connectivity index (χ1) is 29.2. The standard InChI is InChI=1S/C18H24F3N3O2.C16H19N3OS.C7H13NO2S.C5H8/c1-17(2,3)14(16(26)24-9-5-8-13(24)15(22)25)23-12-7-4-6-11(10-12)18(19,20)21;1-9(2)12-8-21-15(17-12)11-6-5-7-13-14(11)18-16(20)19(13)10(3)4;1-6(2)8-11(9,10)7(3)4-5-7;1-2-5-3-4-5/h4,6-7,10,13-14,23H,5,8-9H2,1-3H3,(H2,22,25);5-10H,1-4H3,(H,18,20);8H,1,4-5H2,2-3H3;2,5H,1,3-4H2/t13?,14-;;;/m1.../s1. The number of allylic oxidation sites excluding steroid dienone is 2. The minimum Gasteiger partial charge on any atom is -0.373 e. The number of amides is 2. The summed E-state index contributed by atoms with van der Waals surface area (Å²) in [6.07, 6.45) is 3.03. The van der Waals surface area contributed by atoms with E-state index in [-0.39, 0.29) is 23.3 Å². The molecule has 346 valence electrons. The molecule has 0 spiro atoms. The highest BCUT2D eigenvalue weighted by atomic mass is 32.2. The topological polar surface area (TPSA) is 172 Å². The molecule has 2 amide bonds. The summed E-state index contributed by atoms with van der Waals surface area (Å²) in [6, 6.07) is 9.36. The van der Waals surface area contributed by atoms with E-state index in [2.05, 4.69) is 47.4 Å². The number of imidazole rings is 1. The zero-order valence-corrected chi connectivity index (χ0v) is 39.5. The Kier molecular flexibility index (Phi) is 16.3. The average Bonchev–Trinajstić information content (AvgIpc) is 3.99. The second-order valence-electron chi connectivity index (χ2n) is 18.3. The van der Waals surface area contributed by atoms with Crippen molar-refractivity contribution in [2.24, 2.45) is 17.1 Å². The number of carbonyl (C=O) groups excluding carboxylic acids is 2. The molecule has 2 aromatic heterocycles. The monoisotopic (exact) mass is 915 g/mol. The van der Waals surface area contributed by atoms with Crippen molar-refractivity contribution in [2.75, 3.05) is 11.9 Å². The summed E-state index contributed by atoms with van der Waals surface area (Å²) < 4.78 is 65.2. The molecule has 3 fully saturated rings. The number of nitrogens with two attached hydrogens (primary N) is 1. The second kappa shape index (κ2) is 20.3. The van der Waals surface area contributed by atoms with Crippen LogP contribution in [0.4, 0.5) is 18.9 Å². The van der Waals surface area contributed by atoms with E-state index in [1.54, 1.807) is 29.8 Å². The summed E-state index contributed by atoms with van der Waals surface area (Å²) in [4.78, 5) is 45.9. The number of rotatable bonds is 11. The number of aromatic amines is 1. The van der Waals surface area contributed by atoms with Gasteiger partial charge in [-0.15, -0.1) is 17.9 Å². The van der Waals surface area contributed by atoms with Gasteiger partial charge in [0.15, 0.2) is 0 Å². The number of thiazole rings is 1. The summed E-state index contributed by atoms with van der Waals surface area (Å²) in [5, 5.41) is 5.98. The van der Waals surface area contributed by atoms with Crippen molar-refractivity contribution < 1.29 is 31.2 Å². The summed E-state index contributed by atoms with van der Waals surface area (Å²) in [5.74, 6) is 0.405. The molecule has 7 rings (SSSR count). The Hall–Kier alpha value is -4.90. The Morgan fingerprint density at radius 1 is 1.06 bits per heavy atom. The van der Waals surface area contributed by atoms with Crippen LogP contribution in [0.2, 0.25) is 0 Å². The molecule has 63 heavy (non-hydrogen) atoms. The molecule has 2 atom stereocenters. The van der Waals surface area contributed by atoms with Crippen LogP contribution >= 0.6 is 11.3 Å². The van der Waals surface area contributed by atoms with Gasteiger partial charge in [0.2, 0.25) is 21.8 Å². The highest BCUT2D eigenvalue weighted by molar-refractivity contribution is 7.91. The zero-order valence-electron chi connectivity index (χ0n) is 37.9. The van der Waals surface area contributed by atoms with E-state index in [9.17, 15) is 36.0 Å². The van der Waals surface area contributed by atoms with Gasteiger partial charge in [-0.2, -0.15) is 13.2 Å². The summed E-state index contributed by atoms with van der Waals surface area (Å²) in [6.45, 7) is 24.6. The van der Waals surface area contributed by atoms with Crippen molar-refractivity contribution in [1.29, 1.82) is 0 Å². The number of para-hydroxylation sites is 1. The van der Waals surface area contributed by atoms with Gasteiger partial charge in [0.05, 0.1) is 27.0 Å². The fourth-order valence-electron chi connectivity index (χ4n) is 6.74. The van der Waals surface area contributed by atoms with Crippen LogP contribution in [0.5, 0.6) is 0 Å². The Morgan fingerprint density at radius 3 is 2.17 bits per heavy atom. The predicted octanol–water partition coefficient (Wildman–Crippen LogP) is 9.74. The Bertz CT molecular complexity index is 2420. The van der Waals surface area contributed by atoms with E-state index in [1.807, 2.05) is 58.9 Å². The van der Waals surface area contributed by atoms with E-state index in [4.69, 9.17) is 10.7 Å². The largest absolute Gasteiger partial charge is 0.416 e. The quantitative estimate of drug-likeness (QED) is 0.109. The lowest BCUT2D eigenvalue weighted by Gasteiger charge is -2.35. The molecule has 2 aromatic carbocycles. The normalized spacial score (nSPS) is 17.4. The number of fused-ring (bicyclic) bond motifs is 1. The minimum absolute atomic E-state index is 0.0620. The first kappa shape index (κ1) is 50.7. The smallest absolute Gasteiger partial charge is 0.373 e. The number of sulfonamides is 1. The molecule has 2 aliphatic carbocycles. The number of nitrogens with one attached hydrogen (secondary N) is 3. The average molecular weight is 916 g/mol. The van der Waals surface area contributed by atoms with Crippen LogP contribution in [0.15, 0.2) is 77.6 Å². The molecule has 3 aliphatic rings. The van der Waals surface area contributed by atoms with Gasteiger partial charge in [0, 0.05) is 34.9 Å². The van der Waals surface area contributed by atoms with Gasteiger partial charge in [-0.3, -0.25) is 18.9 Å². The molecule has 0 bridgehead atoms. The van der Waals surface area contributed by atoms with Crippen molar-refractivity contribution in [3.05, 3.63) is 94.5 Å². The van der Waals surface area contributed by atoms with Crippen LogP contribution in [-0.2, 0) is 25.8 Å². The van der Waals surface area contributed by atoms with Crippen LogP contribution in [-0.4, -0.2) is 63.0 Å². The molecule has 0 radical (unpaired) electrons. The lowest BCUT2D eigenvalue weighted by molar-refractivity contribution is -0.139. The Morgan fingerprint density at radius 2 is 1.70 bits per heavy atom. The number of H-pyrrole nitrogens is 1. The molecule has 2 saturated carbocycles. The van der Waals surface area contributed by atoms with Crippen molar-refractivity contribution >= 4 is 49.9 Å². The molecule has 12 nitrogen and oxygen atoms in total. The third-order valence-corrected chi connectivity index (χ3v) is 14.2. The van der Waals surface area contributed by atoms with Crippen LogP contribution in [0.1, 0.15) is 124 Å². The van der Waals surface area contributed by atoms with Gasteiger partial charge in [0.25, 0.3) is 0 Å². The maximum absolute atomic E-state index is 13.0. The molecule has 4 aromatic rings. The minimum atomic E-state index is -4.47. The number of likely N-dealkylation sites (tertiary alicyclic amines) is 1.